The monoisotopic (exact) mass is 161 g/mol. The van der Waals surface area contributed by atoms with Crippen LogP contribution in [0.25, 0.3) is 0 Å². The van der Waals surface area contributed by atoms with Gasteiger partial charge in [-0.2, -0.15) is 0 Å². The molecular formula is C6H11NO2S. The fourth-order valence-electron chi connectivity index (χ4n) is 0.466. The normalized spacial score (nSPS) is 12.3. The Morgan fingerprint density at radius 2 is 2.10 bits per heavy atom. The maximum absolute atomic E-state index is 10.8. The summed E-state index contributed by atoms with van der Waals surface area (Å²) in [4.78, 5) is 21.1. The molecule has 0 aromatic heterocycles. The zero-order chi connectivity index (χ0) is 8.15. The first-order valence-electron chi connectivity index (χ1n) is 3.05. The third-order valence-corrected chi connectivity index (χ3v) is 1.41. The maximum Gasteiger partial charge on any atom is 0.218 e. The van der Waals surface area contributed by atoms with Crippen LogP contribution in [0.5, 0.6) is 0 Å². The second-order valence-electron chi connectivity index (χ2n) is 1.92. The predicted octanol–water partition coefficient (Wildman–Crippen LogP) is 0.358. The summed E-state index contributed by atoms with van der Waals surface area (Å²) in [6, 6.07) is 0. The fourth-order valence-corrected chi connectivity index (χ4v) is 0.831. The van der Waals surface area contributed by atoms with E-state index in [0.29, 0.717) is 6.42 Å². The number of carbonyl (C=O) groups is 2. The van der Waals surface area contributed by atoms with E-state index in [9.17, 15) is 9.59 Å². The Morgan fingerprint density at radius 1 is 1.60 bits per heavy atom. The standard InChI is InChI=1S/C6H11NO2S/c1-3-5(9)6(10)7-4(2)8/h6,10H,3H2,1-2H3,(H,7,8). The second kappa shape index (κ2) is 4.33. The molecule has 0 saturated carbocycles. The van der Waals surface area contributed by atoms with Gasteiger partial charge in [0.15, 0.2) is 5.78 Å². The van der Waals surface area contributed by atoms with Crippen LogP contribution in [0.1, 0.15) is 20.3 Å². The molecule has 58 valence electrons. The second-order valence-corrected chi connectivity index (χ2v) is 2.44. The first kappa shape index (κ1) is 9.49. The van der Waals surface area contributed by atoms with Crippen LogP contribution < -0.4 is 5.32 Å². The Kier molecular flexibility index (Phi) is 4.11. The van der Waals surface area contributed by atoms with Crippen molar-refractivity contribution in [1.82, 2.24) is 5.32 Å². The first-order chi connectivity index (χ1) is 4.57. The maximum atomic E-state index is 10.8. The van der Waals surface area contributed by atoms with Gasteiger partial charge in [0.05, 0.1) is 0 Å². The van der Waals surface area contributed by atoms with Crippen LogP contribution in [-0.4, -0.2) is 17.1 Å². The molecule has 10 heavy (non-hydrogen) atoms. The smallest absolute Gasteiger partial charge is 0.218 e. The Morgan fingerprint density at radius 3 is 2.40 bits per heavy atom. The van der Waals surface area contributed by atoms with Crippen molar-refractivity contribution in [2.45, 2.75) is 25.6 Å². The molecule has 0 aromatic rings. The van der Waals surface area contributed by atoms with E-state index in [1.807, 2.05) is 0 Å². The van der Waals surface area contributed by atoms with E-state index in [4.69, 9.17) is 0 Å². The number of rotatable bonds is 3. The summed E-state index contributed by atoms with van der Waals surface area (Å²) in [6.07, 6.45) is 0.397. The SMILES string of the molecule is CCC(=O)C(S)NC(C)=O. The zero-order valence-electron chi connectivity index (χ0n) is 6.05. The van der Waals surface area contributed by atoms with Crippen molar-refractivity contribution in [2.75, 3.05) is 0 Å². The van der Waals surface area contributed by atoms with E-state index in [1.165, 1.54) is 6.92 Å². The molecule has 0 fully saturated rings. The van der Waals surface area contributed by atoms with Gasteiger partial charge < -0.3 is 5.32 Å². The van der Waals surface area contributed by atoms with E-state index < -0.39 is 5.37 Å². The van der Waals surface area contributed by atoms with Crippen molar-refractivity contribution in [1.29, 1.82) is 0 Å². The van der Waals surface area contributed by atoms with E-state index >= 15 is 0 Å². The van der Waals surface area contributed by atoms with E-state index in [1.54, 1.807) is 6.92 Å². The van der Waals surface area contributed by atoms with Gasteiger partial charge in [0, 0.05) is 13.3 Å². The zero-order valence-corrected chi connectivity index (χ0v) is 6.94. The average Bonchev–Trinajstić information content (AvgIpc) is 1.85. The van der Waals surface area contributed by atoms with Crippen LogP contribution in [0.4, 0.5) is 0 Å². The number of amides is 1. The van der Waals surface area contributed by atoms with Crippen LogP contribution in [0.15, 0.2) is 0 Å². The van der Waals surface area contributed by atoms with Gasteiger partial charge in [0.25, 0.3) is 0 Å². The highest BCUT2D eigenvalue weighted by molar-refractivity contribution is 7.81. The lowest BCUT2D eigenvalue weighted by Crippen LogP contribution is -2.34. The van der Waals surface area contributed by atoms with E-state index in [-0.39, 0.29) is 11.7 Å². The highest BCUT2D eigenvalue weighted by atomic mass is 32.1. The van der Waals surface area contributed by atoms with Crippen molar-refractivity contribution >= 4 is 24.3 Å². The van der Waals surface area contributed by atoms with Gasteiger partial charge in [0.2, 0.25) is 5.91 Å². The molecule has 1 unspecified atom stereocenters. The van der Waals surface area contributed by atoms with Crippen molar-refractivity contribution in [3.05, 3.63) is 0 Å². The molecule has 0 aliphatic heterocycles. The summed E-state index contributed by atoms with van der Waals surface area (Å²) in [6.45, 7) is 3.08. The molecule has 0 aliphatic carbocycles. The molecule has 4 heteroatoms. The number of hydrogen-bond acceptors (Lipinski definition) is 3. The Labute approximate surface area is 65.6 Å². The van der Waals surface area contributed by atoms with Crippen molar-refractivity contribution in [3.63, 3.8) is 0 Å². The van der Waals surface area contributed by atoms with Gasteiger partial charge in [-0.15, -0.1) is 12.6 Å². The third kappa shape index (κ3) is 3.50. The molecule has 0 aliphatic rings. The molecule has 0 aromatic carbocycles. The van der Waals surface area contributed by atoms with E-state index in [2.05, 4.69) is 17.9 Å². The molecule has 0 saturated heterocycles. The molecule has 0 rings (SSSR count). The molecule has 3 nitrogen and oxygen atoms in total. The van der Waals surface area contributed by atoms with Crippen LogP contribution >= 0.6 is 12.6 Å². The molecule has 1 atom stereocenters. The molecule has 0 heterocycles. The van der Waals surface area contributed by atoms with Gasteiger partial charge in [-0.1, -0.05) is 6.92 Å². The summed E-state index contributed by atoms with van der Waals surface area (Å²) in [5, 5.41) is 1.73. The summed E-state index contributed by atoms with van der Waals surface area (Å²) >= 11 is 3.86. The Bertz CT molecular complexity index is 147. The Balaban J connectivity index is 3.72. The Hall–Kier alpha value is -0.510. The summed E-state index contributed by atoms with van der Waals surface area (Å²) in [5.74, 6) is -0.305. The predicted molar refractivity (Wildman–Crippen MR) is 41.9 cm³/mol. The topological polar surface area (TPSA) is 46.2 Å². The summed E-state index contributed by atoms with van der Waals surface area (Å²) < 4.78 is 0. The van der Waals surface area contributed by atoms with Gasteiger partial charge in [-0.25, -0.2) is 0 Å². The van der Waals surface area contributed by atoms with Crippen LogP contribution in [-0.2, 0) is 9.59 Å². The minimum atomic E-state index is -0.637. The van der Waals surface area contributed by atoms with Crippen molar-refractivity contribution in [2.24, 2.45) is 0 Å². The van der Waals surface area contributed by atoms with Crippen LogP contribution in [0.3, 0.4) is 0 Å². The largest absolute Gasteiger partial charge is 0.338 e. The highest BCUT2D eigenvalue weighted by Crippen LogP contribution is 1.94. The number of Topliss-reactive ketones (excluding diaryl/α,β-unsaturated/α-hetero) is 1. The van der Waals surface area contributed by atoms with Crippen LogP contribution in [0.2, 0.25) is 0 Å². The minimum Gasteiger partial charge on any atom is -0.338 e. The van der Waals surface area contributed by atoms with Gasteiger partial charge in [0.1, 0.15) is 5.37 Å². The average molecular weight is 161 g/mol. The highest BCUT2D eigenvalue weighted by Gasteiger charge is 2.10. The minimum absolute atomic E-state index is 0.0708. The van der Waals surface area contributed by atoms with E-state index in [0.717, 1.165) is 0 Å². The lowest BCUT2D eigenvalue weighted by atomic mass is 10.3. The van der Waals surface area contributed by atoms with Gasteiger partial charge in [-0.05, 0) is 0 Å². The molecule has 1 amide bonds. The quantitative estimate of drug-likeness (QED) is 0.463. The molecule has 0 radical (unpaired) electrons. The lowest BCUT2D eigenvalue weighted by molar-refractivity contribution is -0.124. The lowest BCUT2D eigenvalue weighted by Gasteiger charge is -2.07. The number of thiol groups is 1. The number of nitrogens with one attached hydrogen (secondary N) is 1. The number of hydrogen-bond donors (Lipinski definition) is 2. The van der Waals surface area contributed by atoms with Gasteiger partial charge >= 0.3 is 0 Å². The summed E-state index contributed by atoms with van der Waals surface area (Å²) in [7, 11) is 0. The third-order valence-electron chi connectivity index (χ3n) is 0.993. The molecule has 0 spiro atoms. The van der Waals surface area contributed by atoms with Crippen molar-refractivity contribution < 1.29 is 9.59 Å². The number of ketones is 1. The summed E-state index contributed by atoms with van der Waals surface area (Å²) in [5.41, 5.74) is 0. The fraction of sp³-hybridized carbons (Fsp3) is 0.667. The van der Waals surface area contributed by atoms with Crippen LogP contribution in [0, 0.1) is 0 Å². The number of carbonyl (C=O) groups excluding carboxylic acids is 2. The molecule has 1 N–H and O–H groups in total. The molecule has 0 bridgehead atoms. The van der Waals surface area contributed by atoms with Gasteiger partial charge in [-0.3, -0.25) is 9.59 Å². The molecular weight excluding hydrogens is 150 g/mol. The first-order valence-corrected chi connectivity index (χ1v) is 3.57. The van der Waals surface area contributed by atoms with Crippen molar-refractivity contribution in [3.8, 4) is 0 Å².